The Morgan fingerprint density at radius 1 is 1.27 bits per heavy atom. The van der Waals surface area contributed by atoms with E-state index in [-0.39, 0.29) is 11.6 Å². The van der Waals surface area contributed by atoms with Crippen LogP contribution < -0.4 is 15.2 Å². The molecule has 1 unspecified atom stereocenters. The maximum absolute atomic E-state index is 6.06. The van der Waals surface area contributed by atoms with Gasteiger partial charge in [-0.1, -0.05) is 12.1 Å². The first-order valence-corrected chi connectivity index (χ1v) is 5.43. The molecule has 3 nitrogen and oxygen atoms in total. The Hall–Kier alpha value is -1.22. The van der Waals surface area contributed by atoms with Crippen LogP contribution in [0.4, 0.5) is 0 Å². The van der Waals surface area contributed by atoms with Crippen LogP contribution in [0.5, 0.6) is 11.5 Å². The zero-order chi connectivity index (χ0) is 10.3. The van der Waals surface area contributed by atoms with Gasteiger partial charge in [0.25, 0.3) is 0 Å². The molecule has 80 valence electrons. The van der Waals surface area contributed by atoms with Crippen molar-refractivity contribution < 1.29 is 9.47 Å². The summed E-state index contributed by atoms with van der Waals surface area (Å²) in [7, 11) is 0. The largest absolute Gasteiger partial charge is 0.486 e. The van der Waals surface area contributed by atoms with E-state index in [1.165, 1.54) is 0 Å². The lowest BCUT2D eigenvalue weighted by Crippen LogP contribution is -2.36. The van der Waals surface area contributed by atoms with E-state index in [4.69, 9.17) is 15.2 Å². The summed E-state index contributed by atoms with van der Waals surface area (Å²) in [6.07, 6.45) is 3.26. The number of benzene rings is 1. The van der Waals surface area contributed by atoms with Gasteiger partial charge in [0.1, 0.15) is 12.7 Å². The fraction of sp³-hybridized carbons (Fsp3) is 0.500. The molecule has 0 amide bonds. The summed E-state index contributed by atoms with van der Waals surface area (Å²) in [5.41, 5.74) is 6.09. The highest BCUT2D eigenvalue weighted by Gasteiger charge is 2.41. The Bertz CT molecular complexity index is 374. The first-order valence-electron chi connectivity index (χ1n) is 5.43. The Balaban J connectivity index is 1.72. The van der Waals surface area contributed by atoms with Crippen molar-refractivity contribution in [2.75, 3.05) is 6.61 Å². The van der Waals surface area contributed by atoms with E-state index >= 15 is 0 Å². The third kappa shape index (κ3) is 1.79. The van der Waals surface area contributed by atoms with E-state index < -0.39 is 0 Å². The van der Waals surface area contributed by atoms with Crippen LogP contribution in [0.25, 0.3) is 0 Å². The molecule has 1 fully saturated rings. The number of ether oxygens (including phenoxy) is 2. The molecule has 1 saturated carbocycles. The summed E-state index contributed by atoms with van der Waals surface area (Å²) < 4.78 is 11.5. The third-order valence-electron chi connectivity index (χ3n) is 3.09. The standard InChI is InChI=1S/C12H15NO2/c13-12(5-6-12)7-9-8-14-10-3-1-2-4-11(10)15-9/h1-4,9H,5-8,13H2. The maximum atomic E-state index is 6.06. The van der Waals surface area contributed by atoms with Gasteiger partial charge in [0.05, 0.1) is 0 Å². The molecule has 0 saturated heterocycles. The molecule has 2 N–H and O–H groups in total. The Morgan fingerprint density at radius 2 is 2.00 bits per heavy atom. The summed E-state index contributed by atoms with van der Waals surface area (Å²) in [6, 6.07) is 7.78. The van der Waals surface area contributed by atoms with Crippen LogP contribution in [0.15, 0.2) is 24.3 Å². The first kappa shape index (κ1) is 9.04. The van der Waals surface area contributed by atoms with Crippen LogP contribution in [0, 0.1) is 0 Å². The fourth-order valence-corrected chi connectivity index (χ4v) is 1.98. The highest BCUT2D eigenvalue weighted by molar-refractivity contribution is 5.40. The van der Waals surface area contributed by atoms with Gasteiger partial charge in [-0.05, 0) is 25.0 Å². The average molecular weight is 205 g/mol. The van der Waals surface area contributed by atoms with Crippen molar-refractivity contribution in [1.82, 2.24) is 0 Å². The SMILES string of the molecule is NC1(CC2COc3ccccc3O2)CC1. The van der Waals surface area contributed by atoms with Gasteiger partial charge < -0.3 is 15.2 Å². The lowest BCUT2D eigenvalue weighted by molar-refractivity contribution is 0.0778. The molecule has 3 rings (SSSR count). The highest BCUT2D eigenvalue weighted by atomic mass is 16.6. The highest BCUT2D eigenvalue weighted by Crippen LogP contribution is 2.39. The quantitative estimate of drug-likeness (QED) is 0.799. The van der Waals surface area contributed by atoms with Crippen molar-refractivity contribution in [3.05, 3.63) is 24.3 Å². The van der Waals surface area contributed by atoms with Crippen molar-refractivity contribution in [3.63, 3.8) is 0 Å². The van der Waals surface area contributed by atoms with Crippen molar-refractivity contribution in [1.29, 1.82) is 0 Å². The van der Waals surface area contributed by atoms with Crippen LogP contribution in [-0.4, -0.2) is 18.2 Å². The minimum atomic E-state index is 0.0281. The van der Waals surface area contributed by atoms with Gasteiger partial charge >= 0.3 is 0 Å². The molecule has 15 heavy (non-hydrogen) atoms. The first-order chi connectivity index (χ1) is 7.25. The maximum Gasteiger partial charge on any atom is 0.161 e. The smallest absolute Gasteiger partial charge is 0.161 e. The second-order valence-electron chi connectivity index (χ2n) is 4.56. The number of para-hydroxylation sites is 2. The molecule has 3 heteroatoms. The molecule has 1 aromatic rings. The average Bonchev–Trinajstić information content (AvgIpc) is 2.96. The van der Waals surface area contributed by atoms with Gasteiger partial charge in [-0.2, -0.15) is 0 Å². The van der Waals surface area contributed by atoms with E-state index in [1.807, 2.05) is 24.3 Å². The van der Waals surface area contributed by atoms with E-state index in [0.29, 0.717) is 6.61 Å². The Labute approximate surface area is 89.2 Å². The number of rotatable bonds is 2. The summed E-state index contributed by atoms with van der Waals surface area (Å²) in [6.45, 7) is 0.621. The summed E-state index contributed by atoms with van der Waals surface area (Å²) in [4.78, 5) is 0. The van der Waals surface area contributed by atoms with Gasteiger partial charge in [-0.25, -0.2) is 0 Å². The fourth-order valence-electron chi connectivity index (χ4n) is 1.98. The molecule has 2 aliphatic rings. The monoisotopic (exact) mass is 205 g/mol. The van der Waals surface area contributed by atoms with Gasteiger partial charge in [-0.15, -0.1) is 0 Å². The molecular weight excluding hydrogens is 190 g/mol. The number of hydrogen-bond acceptors (Lipinski definition) is 3. The van der Waals surface area contributed by atoms with Gasteiger partial charge in [0.2, 0.25) is 0 Å². The molecule has 1 aromatic carbocycles. The Morgan fingerprint density at radius 3 is 2.73 bits per heavy atom. The lowest BCUT2D eigenvalue weighted by atomic mass is 10.1. The topological polar surface area (TPSA) is 44.5 Å². The molecule has 1 aliphatic carbocycles. The van der Waals surface area contributed by atoms with Gasteiger partial charge in [-0.3, -0.25) is 0 Å². The van der Waals surface area contributed by atoms with Crippen molar-refractivity contribution in [3.8, 4) is 11.5 Å². The van der Waals surface area contributed by atoms with Crippen molar-refractivity contribution in [2.24, 2.45) is 5.73 Å². The molecule has 0 spiro atoms. The normalized spacial score (nSPS) is 26.1. The zero-order valence-electron chi connectivity index (χ0n) is 8.61. The van der Waals surface area contributed by atoms with Gasteiger partial charge in [0, 0.05) is 12.0 Å². The summed E-state index contributed by atoms with van der Waals surface area (Å²) in [5.74, 6) is 1.69. The van der Waals surface area contributed by atoms with Gasteiger partial charge in [0.15, 0.2) is 11.5 Å². The van der Waals surface area contributed by atoms with Crippen molar-refractivity contribution in [2.45, 2.75) is 30.9 Å². The van der Waals surface area contributed by atoms with E-state index in [0.717, 1.165) is 30.8 Å². The second-order valence-corrected chi connectivity index (χ2v) is 4.56. The molecule has 0 bridgehead atoms. The van der Waals surface area contributed by atoms with Crippen LogP contribution in [0.2, 0.25) is 0 Å². The predicted octanol–water partition coefficient (Wildman–Crippen LogP) is 1.71. The molecule has 0 aromatic heterocycles. The van der Waals surface area contributed by atoms with E-state index in [9.17, 15) is 0 Å². The lowest BCUT2D eigenvalue weighted by Gasteiger charge is -2.28. The number of hydrogen-bond donors (Lipinski definition) is 1. The van der Waals surface area contributed by atoms with Crippen molar-refractivity contribution >= 4 is 0 Å². The number of nitrogens with two attached hydrogens (primary N) is 1. The van der Waals surface area contributed by atoms with E-state index in [1.54, 1.807) is 0 Å². The molecule has 0 radical (unpaired) electrons. The molecule has 1 heterocycles. The molecular formula is C12H15NO2. The third-order valence-corrected chi connectivity index (χ3v) is 3.09. The molecule has 1 aliphatic heterocycles. The Kier molecular flexibility index (Phi) is 1.89. The second kappa shape index (κ2) is 3.14. The molecule has 1 atom stereocenters. The minimum absolute atomic E-state index is 0.0281. The van der Waals surface area contributed by atoms with Crippen LogP contribution in [0.1, 0.15) is 19.3 Å². The zero-order valence-corrected chi connectivity index (χ0v) is 8.61. The summed E-state index contributed by atoms with van der Waals surface area (Å²) in [5, 5.41) is 0. The van der Waals surface area contributed by atoms with Crippen LogP contribution in [0.3, 0.4) is 0 Å². The van der Waals surface area contributed by atoms with E-state index in [2.05, 4.69) is 0 Å². The number of fused-ring (bicyclic) bond motifs is 1. The summed E-state index contributed by atoms with van der Waals surface area (Å²) >= 11 is 0. The minimum Gasteiger partial charge on any atom is -0.486 e. The van der Waals surface area contributed by atoms with Crippen LogP contribution >= 0.6 is 0 Å². The predicted molar refractivity (Wildman–Crippen MR) is 57.1 cm³/mol. The van der Waals surface area contributed by atoms with Crippen LogP contribution in [-0.2, 0) is 0 Å².